The quantitative estimate of drug-likeness (QED) is 0.176. The van der Waals surface area contributed by atoms with Gasteiger partial charge in [-0.25, -0.2) is 4.98 Å². The first kappa shape index (κ1) is 41.8. The van der Waals surface area contributed by atoms with Gasteiger partial charge in [0.05, 0.1) is 35.2 Å². The molecule has 3 aromatic heterocycles. The molecule has 3 aliphatic heterocycles. The number of alkyl halides is 3. The molecule has 0 atom stereocenters. The molecule has 63 heavy (non-hydrogen) atoms. The molecule has 19 heteroatoms. The highest BCUT2D eigenvalue weighted by molar-refractivity contribution is 6.33. The molecule has 0 saturated carbocycles. The number of halogens is 4. The zero-order valence-electron chi connectivity index (χ0n) is 34.1. The SMILES string of the molecule is CCc1c(N2CCN(C(=O)c3nc4n(c(=O)c3OCc3ccccc3)CCCC4)CC2)c(=O)n2nc(-c3ccc4c(c3)COC4)nc2n1CC(=O)Nc1ccc(C(F)(F)F)cc1Cl. The average Bonchev–Trinajstić information content (AvgIpc) is 3.96. The number of ether oxygens (including phenoxy) is 2. The molecule has 326 valence electrons. The second-order valence-electron chi connectivity index (χ2n) is 15.6. The first-order valence-corrected chi connectivity index (χ1v) is 21.0. The molecule has 0 aliphatic carbocycles. The molecule has 1 saturated heterocycles. The summed E-state index contributed by atoms with van der Waals surface area (Å²) >= 11 is 6.20. The molecule has 2 amide bonds. The van der Waals surface area contributed by atoms with Gasteiger partial charge in [0.25, 0.3) is 17.0 Å². The summed E-state index contributed by atoms with van der Waals surface area (Å²) in [4.78, 5) is 69.4. The summed E-state index contributed by atoms with van der Waals surface area (Å²) in [5.41, 5.74) is 2.19. The minimum atomic E-state index is -4.63. The van der Waals surface area contributed by atoms with Crippen LogP contribution in [0.25, 0.3) is 17.2 Å². The van der Waals surface area contributed by atoms with Crippen LogP contribution in [0, 0.1) is 0 Å². The van der Waals surface area contributed by atoms with Crippen LogP contribution in [0.4, 0.5) is 24.5 Å². The van der Waals surface area contributed by atoms with Crippen molar-refractivity contribution in [3.8, 4) is 17.1 Å². The summed E-state index contributed by atoms with van der Waals surface area (Å²) in [6, 6.07) is 17.6. The van der Waals surface area contributed by atoms with Gasteiger partial charge in [0.15, 0.2) is 11.5 Å². The number of anilines is 2. The molecule has 3 aliphatic rings. The van der Waals surface area contributed by atoms with Crippen molar-refractivity contribution in [2.75, 3.05) is 36.4 Å². The monoisotopic (exact) mass is 883 g/mol. The van der Waals surface area contributed by atoms with E-state index < -0.39 is 41.2 Å². The zero-order chi connectivity index (χ0) is 44.0. The number of aromatic nitrogens is 6. The summed E-state index contributed by atoms with van der Waals surface area (Å²) in [7, 11) is 0. The Morgan fingerprint density at radius 3 is 2.43 bits per heavy atom. The van der Waals surface area contributed by atoms with E-state index in [0.717, 1.165) is 52.2 Å². The fourth-order valence-corrected chi connectivity index (χ4v) is 8.56. The van der Waals surface area contributed by atoms with E-state index in [4.69, 9.17) is 31.0 Å². The highest BCUT2D eigenvalue weighted by atomic mass is 35.5. The Labute approximate surface area is 362 Å². The lowest BCUT2D eigenvalue weighted by Gasteiger charge is -2.37. The zero-order valence-corrected chi connectivity index (χ0v) is 34.8. The van der Waals surface area contributed by atoms with Crippen molar-refractivity contribution in [3.05, 3.63) is 132 Å². The fourth-order valence-electron chi connectivity index (χ4n) is 8.33. The number of benzene rings is 3. The minimum Gasteiger partial charge on any atom is -0.481 e. The second kappa shape index (κ2) is 17.0. The van der Waals surface area contributed by atoms with Crippen molar-refractivity contribution in [1.29, 1.82) is 0 Å². The molecule has 0 unspecified atom stereocenters. The maximum Gasteiger partial charge on any atom is 0.416 e. The van der Waals surface area contributed by atoms with Crippen LogP contribution in [-0.4, -0.2) is 71.6 Å². The van der Waals surface area contributed by atoms with Crippen LogP contribution in [0.3, 0.4) is 0 Å². The molecule has 0 spiro atoms. The van der Waals surface area contributed by atoms with E-state index in [0.29, 0.717) is 43.3 Å². The molecule has 6 heterocycles. The third kappa shape index (κ3) is 8.15. The number of hydrogen-bond donors (Lipinski definition) is 1. The lowest BCUT2D eigenvalue weighted by Crippen LogP contribution is -2.51. The summed E-state index contributed by atoms with van der Waals surface area (Å²) in [5, 5.41) is 6.94. The lowest BCUT2D eigenvalue weighted by atomic mass is 10.1. The molecule has 0 radical (unpaired) electrons. The average molecular weight is 884 g/mol. The molecule has 6 aromatic rings. The van der Waals surface area contributed by atoms with Crippen LogP contribution in [0.15, 0.2) is 76.3 Å². The van der Waals surface area contributed by atoms with Crippen LogP contribution in [0.5, 0.6) is 5.75 Å². The predicted molar refractivity (Wildman–Crippen MR) is 226 cm³/mol. The van der Waals surface area contributed by atoms with Crippen LogP contribution >= 0.6 is 11.6 Å². The summed E-state index contributed by atoms with van der Waals surface area (Å²) in [5.74, 6) is -0.375. The molecule has 1 fully saturated rings. The third-order valence-corrected chi connectivity index (χ3v) is 11.9. The first-order valence-electron chi connectivity index (χ1n) is 20.6. The first-order chi connectivity index (χ1) is 30.4. The Morgan fingerprint density at radius 2 is 1.68 bits per heavy atom. The predicted octanol–water partition coefficient (Wildman–Crippen LogP) is 5.90. The van der Waals surface area contributed by atoms with Gasteiger partial charge in [0.2, 0.25) is 17.4 Å². The van der Waals surface area contributed by atoms with Crippen molar-refractivity contribution < 1.29 is 32.2 Å². The third-order valence-electron chi connectivity index (χ3n) is 11.6. The molecule has 3 aromatic carbocycles. The van der Waals surface area contributed by atoms with Gasteiger partial charge in [-0.3, -0.25) is 23.7 Å². The minimum absolute atomic E-state index is 0.0296. The van der Waals surface area contributed by atoms with Gasteiger partial charge in [-0.05, 0) is 60.2 Å². The maximum absolute atomic E-state index is 14.6. The molecular formula is C44H41ClF3N9O6. The molecule has 9 rings (SSSR count). The van der Waals surface area contributed by atoms with E-state index in [1.165, 1.54) is 0 Å². The van der Waals surface area contributed by atoms with E-state index in [-0.39, 0.29) is 78.6 Å². The number of aryl methyl sites for hydroxylation is 1. The van der Waals surface area contributed by atoms with E-state index in [9.17, 15) is 32.3 Å². The maximum atomic E-state index is 14.6. The van der Waals surface area contributed by atoms with Crippen LogP contribution in [-0.2, 0) is 61.5 Å². The number of amides is 2. The van der Waals surface area contributed by atoms with Gasteiger partial charge in [-0.1, -0.05) is 61.0 Å². The normalized spacial score (nSPS) is 15.1. The van der Waals surface area contributed by atoms with E-state index in [1.807, 2.05) is 60.4 Å². The van der Waals surface area contributed by atoms with Crippen LogP contribution in [0.1, 0.15) is 64.0 Å². The van der Waals surface area contributed by atoms with Gasteiger partial charge in [0.1, 0.15) is 24.7 Å². The Balaban J connectivity index is 1.04. The number of rotatable bonds is 10. The Kier molecular flexibility index (Phi) is 11.3. The number of carbonyl (C=O) groups excluding carboxylic acids is 2. The number of nitrogens with zero attached hydrogens (tertiary/aromatic N) is 8. The number of carbonyl (C=O) groups is 2. The Bertz CT molecular complexity index is 2890. The highest BCUT2D eigenvalue weighted by Gasteiger charge is 2.34. The second-order valence-corrected chi connectivity index (χ2v) is 16.0. The molecule has 1 N–H and O–H groups in total. The van der Waals surface area contributed by atoms with Gasteiger partial charge in [0, 0.05) is 44.7 Å². The smallest absolute Gasteiger partial charge is 0.416 e. The largest absolute Gasteiger partial charge is 0.481 e. The van der Waals surface area contributed by atoms with Gasteiger partial charge >= 0.3 is 6.18 Å². The van der Waals surface area contributed by atoms with Crippen molar-refractivity contribution in [3.63, 3.8) is 0 Å². The number of fused-ring (bicyclic) bond motifs is 3. The molecule has 15 nitrogen and oxygen atoms in total. The lowest BCUT2D eigenvalue weighted by molar-refractivity contribution is -0.137. The van der Waals surface area contributed by atoms with Crippen molar-refractivity contribution in [2.45, 2.75) is 71.7 Å². The van der Waals surface area contributed by atoms with Gasteiger partial charge in [-0.2, -0.15) is 22.7 Å². The number of piperazine rings is 1. The van der Waals surface area contributed by atoms with Crippen LogP contribution < -0.4 is 26.1 Å². The summed E-state index contributed by atoms with van der Waals surface area (Å²) < 4.78 is 56.0. The van der Waals surface area contributed by atoms with E-state index in [2.05, 4.69) is 10.4 Å². The topological polar surface area (TPSA) is 158 Å². The number of hydrogen-bond acceptors (Lipinski definition) is 10. The van der Waals surface area contributed by atoms with Gasteiger partial charge in [-0.15, -0.1) is 5.10 Å². The van der Waals surface area contributed by atoms with Crippen LogP contribution in [0.2, 0.25) is 5.02 Å². The Hall–Kier alpha value is -6.53. The van der Waals surface area contributed by atoms with Crippen molar-refractivity contribution >= 4 is 40.6 Å². The van der Waals surface area contributed by atoms with Crippen molar-refractivity contribution in [1.82, 2.24) is 33.6 Å². The van der Waals surface area contributed by atoms with Gasteiger partial charge < -0.3 is 29.2 Å². The number of nitrogens with one attached hydrogen (secondary N) is 1. The van der Waals surface area contributed by atoms with Crippen molar-refractivity contribution in [2.24, 2.45) is 0 Å². The standard InChI is InChI=1S/C44H41ClF3N9O6/c1-2-33-37(53-16-18-54(19-17-53)40(59)36-38(63-23-26-8-4-3-5-9-26)42(61)55-15-7-6-10-34(55)50-36)41(60)57-43(51-39(52-57)27-11-12-28-24-62-25-29(28)20-27)56(33)22-35(58)49-32-14-13-30(21-31(32)45)44(46,47)48/h3-5,8-9,11-14,20-21H,2,6-7,10,15-19,22-25H2,1H3,(H,49,58). The summed E-state index contributed by atoms with van der Waals surface area (Å²) in [6.07, 6.45) is -2.17. The summed E-state index contributed by atoms with van der Waals surface area (Å²) in [6.45, 7) is 3.57. The highest BCUT2D eigenvalue weighted by Crippen LogP contribution is 2.34. The molecular weight excluding hydrogens is 843 g/mol. The van der Waals surface area contributed by atoms with E-state index in [1.54, 1.807) is 14.0 Å². The van der Waals surface area contributed by atoms with E-state index >= 15 is 0 Å². The Morgan fingerprint density at radius 1 is 0.905 bits per heavy atom. The fraction of sp³-hybridized carbons (Fsp3) is 0.341. The molecule has 0 bridgehead atoms.